The van der Waals surface area contributed by atoms with Crippen molar-refractivity contribution in [3.8, 4) is 16.9 Å². The minimum atomic E-state index is -0.240. The van der Waals surface area contributed by atoms with Gasteiger partial charge in [-0.3, -0.25) is 9.55 Å². The molecule has 9 heteroatoms. The number of hydrogen-bond donors (Lipinski definition) is 3. The van der Waals surface area contributed by atoms with Crippen molar-refractivity contribution in [2.75, 3.05) is 5.32 Å². The SMILES string of the molecule is Cc1cccc(-c2c(NCn3nnc4ccccc43)[nH]c(=O)n2-c2ccc3nc[nH]c3c2)c1. The van der Waals surface area contributed by atoms with Gasteiger partial charge in [0.15, 0.2) is 0 Å². The first-order valence-corrected chi connectivity index (χ1v) is 10.5. The number of benzene rings is 3. The summed E-state index contributed by atoms with van der Waals surface area (Å²) in [4.78, 5) is 23.6. The quantitative estimate of drug-likeness (QED) is 0.381. The summed E-state index contributed by atoms with van der Waals surface area (Å²) in [5, 5.41) is 11.8. The first-order valence-electron chi connectivity index (χ1n) is 10.5. The highest BCUT2D eigenvalue weighted by Crippen LogP contribution is 2.29. The third-order valence-electron chi connectivity index (χ3n) is 5.67. The van der Waals surface area contributed by atoms with Gasteiger partial charge in [0.05, 0.1) is 34.3 Å². The van der Waals surface area contributed by atoms with Crippen LogP contribution in [0.5, 0.6) is 0 Å². The highest BCUT2D eigenvalue weighted by molar-refractivity contribution is 5.80. The normalized spacial score (nSPS) is 11.4. The van der Waals surface area contributed by atoms with Crippen LogP contribution in [0.2, 0.25) is 0 Å². The predicted molar refractivity (Wildman–Crippen MR) is 127 cm³/mol. The third kappa shape index (κ3) is 3.26. The van der Waals surface area contributed by atoms with Gasteiger partial charge in [-0.1, -0.05) is 41.1 Å². The van der Waals surface area contributed by atoms with Crippen molar-refractivity contribution in [1.82, 2.24) is 34.5 Å². The van der Waals surface area contributed by atoms with E-state index in [-0.39, 0.29) is 5.69 Å². The average Bonchev–Trinajstić information content (AvgIpc) is 3.54. The Balaban J connectivity index is 1.48. The van der Waals surface area contributed by atoms with Crippen molar-refractivity contribution in [3.63, 3.8) is 0 Å². The van der Waals surface area contributed by atoms with E-state index in [4.69, 9.17) is 0 Å². The van der Waals surface area contributed by atoms with Gasteiger partial charge >= 0.3 is 5.69 Å². The highest BCUT2D eigenvalue weighted by atomic mass is 16.1. The molecule has 3 aromatic heterocycles. The second-order valence-electron chi connectivity index (χ2n) is 7.88. The van der Waals surface area contributed by atoms with Gasteiger partial charge in [0.25, 0.3) is 0 Å². The molecule has 0 radical (unpaired) electrons. The lowest BCUT2D eigenvalue weighted by Gasteiger charge is -2.12. The molecule has 3 aromatic carbocycles. The van der Waals surface area contributed by atoms with Crippen molar-refractivity contribution >= 4 is 27.9 Å². The highest BCUT2D eigenvalue weighted by Gasteiger charge is 2.18. The molecule has 0 atom stereocenters. The van der Waals surface area contributed by atoms with Crippen LogP contribution in [0.15, 0.2) is 77.9 Å². The molecule has 0 fully saturated rings. The Morgan fingerprint density at radius 3 is 2.82 bits per heavy atom. The van der Waals surface area contributed by atoms with Crippen LogP contribution in [0.1, 0.15) is 5.56 Å². The van der Waals surface area contributed by atoms with Crippen LogP contribution in [-0.2, 0) is 6.67 Å². The lowest BCUT2D eigenvalue weighted by molar-refractivity contribution is 0.654. The number of anilines is 1. The molecule has 6 aromatic rings. The monoisotopic (exact) mass is 436 g/mol. The number of aryl methyl sites for hydroxylation is 1. The fraction of sp³-hybridized carbons (Fsp3) is 0.0833. The van der Waals surface area contributed by atoms with Crippen LogP contribution in [0.3, 0.4) is 0 Å². The van der Waals surface area contributed by atoms with Gasteiger partial charge in [-0.25, -0.2) is 14.5 Å². The lowest BCUT2D eigenvalue weighted by atomic mass is 10.1. The summed E-state index contributed by atoms with van der Waals surface area (Å²) < 4.78 is 3.44. The minimum absolute atomic E-state index is 0.240. The zero-order valence-corrected chi connectivity index (χ0v) is 17.8. The van der Waals surface area contributed by atoms with Gasteiger partial charge < -0.3 is 10.3 Å². The average molecular weight is 436 g/mol. The molecule has 9 nitrogen and oxygen atoms in total. The predicted octanol–water partition coefficient (Wildman–Crippen LogP) is 3.83. The molecule has 0 unspecified atom stereocenters. The maximum atomic E-state index is 13.2. The van der Waals surface area contributed by atoms with Crippen molar-refractivity contribution in [2.45, 2.75) is 13.6 Å². The minimum Gasteiger partial charge on any atom is -0.351 e. The Bertz CT molecular complexity index is 1670. The van der Waals surface area contributed by atoms with Gasteiger partial charge in [0.1, 0.15) is 18.0 Å². The van der Waals surface area contributed by atoms with Crippen molar-refractivity contribution < 1.29 is 0 Å². The molecular formula is C24H20N8O. The second kappa shape index (κ2) is 7.49. The van der Waals surface area contributed by atoms with Gasteiger partial charge in [-0.05, 0) is 43.3 Å². The summed E-state index contributed by atoms with van der Waals surface area (Å²) in [7, 11) is 0. The number of H-pyrrole nitrogens is 2. The van der Waals surface area contributed by atoms with E-state index in [1.54, 1.807) is 15.6 Å². The number of nitrogens with one attached hydrogen (secondary N) is 3. The first-order chi connectivity index (χ1) is 16.2. The summed E-state index contributed by atoms with van der Waals surface area (Å²) in [5.41, 5.74) is 6.70. The van der Waals surface area contributed by atoms with Crippen LogP contribution >= 0.6 is 0 Å². The number of aromatic amines is 2. The molecular weight excluding hydrogens is 416 g/mol. The fourth-order valence-electron chi connectivity index (χ4n) is 4.13. The zero-order valence-electron chi connectivity index (χ0n) is 17.8. The largest absolute Gasteiger partial charge is 0.351 e. The molecule has 3 heterocycles. The smallest absolute Gasteiger partial charge is 0.332 e. The number of nitrogens with zero attached hydrogens (tertiary/aromatic N) is 5. The number of hydrogen-bond acceptors (Lipinski definition) is 5. The van der Waals surface area contributed by atoms with Gasteiger partial charge in [0, 0.05) is 5.56 Å². The molecule has 33 heavy (non-hydrogen) atoms. The topological polar surface area (TPSA) is 109 Å². The van der Waals surface area contributed by atoms with Crippen LogP contribution in [0.4, 0.5) is 5.82 Å². The number of rotatable bonds is 5. The molecule has 0 saturated heterocycles. The molecule has 0 aliphatic carbocycles. The van der Waals surface area contributed by atoms with E-state index in [1.807, 2.05) is 67.6 Å². The number of imidazole rings is 2. The van der Waals surface area contributed by atoms with E-state index in [9.17, 15) is 4.79 Å². The van der Waals surface area contributed by atoms with Crippen LogP contribution in [0, 0.1) is 6.92 Å². The molecule has 0 saturated carbocycles. The van der Waals surface area contributed by atoms with Crippen LogP contribution in [0.25, 0.3) is 39.0 Å². The lowest BCUT2D eigenvalue weighted by Crippen LogP contribution is -2.15. The summed E-state index contributed by atoms with van der Waals surface area (Å²) in [5.74, 6) is 0.606. The first kappa shape index (κ1) is 19.1. The van der Waals surface area contributed by atoms with E-state index in [2.05, 4.69) is 36.6 Å². The van der Waals surface area contributed by atoms with E-state index in [0.717, 1.165) is 44.6 Å². The number of aromatic nitrogens is 7. The molecule has 0 aliphatic rings. The van der Waals surface area contributed by atoms with Gasteiger partial charge in [-0.15, -0.1) is 5.10 Å². The molecule has 162 valence electrons. The van der Waals surface area contributed by atoms with Crippen LogP contribution in [-0.4, -0.2) is 34.5 Å². The van der Waals surface area contributed by atoms with E-state index < -0.39 is 0 Å². The standard InChI is InChI=1S/C24H20N8O/c1-15-5-4-6-16(11-15)22-23(27-14-31-21-8-3-2-7-19(21)29-30-31)28-24(33)32(22)17-9-10-18-20(12-17)26-13-25-18/h2-13,27H,14H2,1H3,(H,25,26)(H,28,33). The maximum Gasteiger partial charge on any atom is 0.332 e. The Morgan fingerprint density at radius 1 is 1.00 bits per heavy atom. The van der Waals surface area contributed by atoms with Crippen LogP contribution < -0.4 is 11.0 Å². The Labute approximate surface area is 187 Å². The zero-order chi connectivity index (χ0) is 22.4. The summed E-state index contributed by atoms with van der Waals surface area (Å²) in [6.07, 6.45) is 1.64. The Kier molecular flexibility index (Phi) is 4.32. The van der Waals surface area contributed by atoms with Crippen molar-refractivity contribution in [1.29, 1.82) is 0 Å². The number of fused-ring (bicyclic) bond motifs is 2. The molecule has 0 spiro atoms. The molecule has 6 rings (SSSR count). The fourth-order valence-corrected chi connectivity index (χ4v) is 4.13. The van der Waals surface area contributed by atoms with Gasteiger partial charge in [0.2, 0.25) is 0 Å². The van der Waals surface area contributed by atoms with Gasteiger partial charge in [-0.2, -0.15) is 0 Å². The molecule has 0 bridgehead atoms. The van der Waals surface area contributed by atoms with E-state index in [0.29, 0.717) is 12.5 Å². The van der Waals surface area contributed by atoms with E-state index >= 15 is 0 Å². The summed E-state index contributed by atoms with van der Waals surface area (Å²) in [6, 6.07) is 21.5. The molecule has 3 N–H and O–H groups in total. The summed E-state index contributed by atoms with van der Waals surface area (Å²) >= 11 is 0. The van der Waals surface area contributed by atoms with Crippen molar-refractivity contribution in [3.05, 3.63) is 89.1 Å². The summed E-state index contributed by atoms with van der Waals surface area (Å²) in [6.45, 7) is 2.38. The maximum absolute atomic E-state index is 13.2. The molecule has 0 aliphatic heterocycles. The Morgan fingerprint density at radius 2 is 1.91 bits per heavy atom. The second-order valence-corrected chi connectivity index (χ2v) is 7.88. The van der Waals surface area contributed by atoms with E-state index in [1.165, 1.54) is 0 Å². The Hall–Kier alpha value is -4.66. The van der Waals surface area contributed by atoms with Crippen molar-refractivity contribution in [2.24, 2.45) is 0 Å². The number of para-hydroxylation sites is 1. The third-order valence-corrected chi connectivity index (χ3v) is 5.67. The molecule has 0 amide bonds.